The molecule has 0 N–H and O–H groups in total. The smallest absolute Gasteiger partial charge is 0.0702 e. The van der Waals surface area contributed by atoms with E-state index in [0.717, 1.165) is 11.3 Å². The zero-order valence-electron chi connectivity index (χ0n) is 15.6. The van der Waals surface area contributed by atoms with E-state index < -0.39 is 0 Å². The highest BCUT2D eigenvalue weighted by Gasteiger charge is 2.35. The maximum Gasteiger partial charge on any atom is 0.0702 e. The summed E-state index contributed by atoms with van der Waals surface area (Å²) < 4.78 is 0. The van der Waals surface area contributed by atoms with Gasteiger partial charge in [-0.05, 0) is 39.9 Å². The van der Waals surface area contributed by atoms with Crippen molar-refractivity contribution in [3.05, 3.63) is 102 Å². The van der Waals surface area contributed by atoms with Gasteiger partial charge in [0.2, 0.25) is 0 Å². The first-order valence-electron chi connectivity index (χ1n) is 9.41. The Hall–Kier alpha value is -3.19. The fourth-order valence-corrected chi connectivity index (χ4v) is 4.23. The Balaban J connectivity index is 1.56. The van der Waals surface area contributed by atoms with Crippen LogP contribution >= 0.6 is 0 Å². The lowest BCUT2D eigenvalue weighted by atomic mass is 9.82. The monoisotopic (exact) mass is 347 g/mol. The van der Waals surface area contributed by atoms with Crippen molar-refractivity contribution in [3.8, 4) is 33.5 Å². The van der Waals surface area contributed by atoms with Crippen molar-refractivity contribution in [2.24, 2.45) is 0 Å². The molecule has 1 nitrogen and oxygen atoms in total. The molecule has 1 heteroatoms. The molecule has 0 bridgehead atoms. The van der Waals surface area contributed by atoms with Gasteiger partial charge in [0.1, 0.15) is 0 Å². The largest absolute Gasteiger partial charge is 0.256 e. The van der Waals surface area contributed by atoms with E-state index in [1.807, 2.05) is 12.3 Å². The minimum atomic E-state index is 0.0198. The lowest BCUT2D eigenvalue weighted by Gasteiger charge is -2.21. The SMILES string of the molecule is CC1(C)c2ccccc2-c2ccc(-c3ccc(-c4ccccc4)cn3)cc21. The van der Waals surface area contributed by atoms with Gasteiger partial charge in [-0.2, -0.15) is 0 Å². The van der Waals surface area contributed by atoms with Crippen molar-refractivity contribution >= 4 is 0 Å². The Morgan fingerprint density at radius 1 is 0.593 bits per heavy atom. The average molecular weight is 347 g/mol. The normalized spacial score (nSPS) is 13.9. The number of hydrogen-bond acceptors (Lipinski definition) is 1. The molecule has 0 unspecified atom stereocenters. The molecule has 0 spiro atoms. The Morgan fingerprint density at radius 3 is 2.07 bits per heavy atom. The van der Waals surface area contributed by atoms with Gasteiger partial charge in [0.05, 0.1) is 5.69 Å². The molecule has 0 saturated carbocycles. The molecule has 1 heterocycles. The quantitative estimate of drug-likeness (QED) is 0.392. The Bertz CT molecular complexity index is 1120. The number of fused-ring (bicyclic) bond motifs is 3. The molecular formula is C26H21N. The van der Waals surface area contributed by atoms with Crippen LogP contribution in [0.3, 0.4) is 0 Å². The molecule has 0 aliphatic heterocycles. The first-order valence-corrected chi connectivity index (χ1v) is 9.41. The number of benzene rings is 3. The summed E-state index contributed by atoms with van der Waals surface area (Å²) in [7, 11) is 0. The van der Waals surface area contributed by atoms with Gasteiger partial charge in [0.25, 0.3) is 0 Å². The average Bonchev–Trinajstić information content (AvgIpc) is 2.96. The summed E-state index contributed by atoms with van der Waals surface area (Å²) in [6.07, 6.45) is 1.97. The van der Waals surface area contributed by atoms with E-state index in [9.17, 15) is 0 Å². The second-order valence-electron chi connectivity index (χ2n) is 7.73. The van der Waals surface area contributed by atoms with Gasteiger partial charge in [0.15, 0.2) is 0 Å². The molecular weight excluding hydrogens is 326 g/mol. The molecule has 130 valence electrons. The molecule has 0 amide bonds. The van der Waals surface area contributed by atoms with Crippen LogP contribution in [0.5, 0.6) is 0 Å². The van der Waals surface area contributed by atoms with Gasteiger partial charge in [-0.25, -0.2) is 0 Å². The topological polar surface area (TPSA) is 12.9 Å². The third kappa shape index (κ3) is 2.50. The van der Waals surface area contributed by atoms with E-state index in [0.29, 0.717) is 0 Å². The van der Waals surface area contributed by atoms with Crippen molar-refractivity contribution in [2.75, 3.05) is 0 Å². The fourth-order valence-electron chi connectivity index (χ4n) is 4.23. The lowest BCUT2D eigenvalue weighted by Crippen LogP contribution is -2.14. The minimum absolute atomic E-state index is 0.0198. The van der Waals surface area contributed by atoms with Crippen molar-refractivity contribution in [3.63, 3.8) is 0 Å². The molecule has 27 heavy (non-hydrogen) atoms. The van der Waals surface area contributed by atoms with E-state index in [1.54, 1.807) is 0 Å². The summed E-state index contributed by atoms with van der Waals surface area (Å²) in [5, 5.41) is 0. The van der Waals surface area contributed by atoms with Crippen LogP contribution in [-0.2, 0) is 5.41 Å². The summed E-state index contributed by atoms with van der Waals surface area (Å²) in [6, 6.07) is 30.2. The second kappa shape index (κ2) is 5.92. The van der Waals surface area contributed by atoms with Crippen LogP contribution in [0.15, 0.2) is 91.1 Å². The maximum absolute atomic E-state index is 4.75. The molecule has 0 fully saturated rings. The number of hydrogen-bond donors (Lipinski definition) is 0. The summed E-state index contributed by atoms with van der Waals surface area (Å²) >= 11 is 0. The molecule has 1 aliphatic rings. The standard InChI is InChI=1S/C26H21N/c1-26(2)23-11-7-6-10-21(23)22-14-12-19(16-24(22)26)25-15-13-20(17-27-25)18-8-4-3-5-9-18/h3-17H,1-2H3. The van der Waals surface area contributed by atoms with Gasteiger partial charge < -0.3 is 0 Å². The van der Waals surface area contributed by atoms with Crippen LogP contribution in [0.2, 0.25) is 0 Å². The molecule has 5 rings (SSSR count). The highest BCUT2D eigenvalue weighted by Crippen LogP contribution is 2.49. The van der Waals surface area contributed by atoms with Gasteiger partial charge >= 0.3 is 0 Å². The highest BCUT2D eigenvalue weighted by molar-refractivity contribution is 5.83. The lowest BCUT2D eigenvalue weighted by molar-refractivity contribution is 0.660. The molecule has 0 atom stereocenters. The number of rotatable bonds is 2. The van der Waals surface area contributed by atoms with Crippen molar-refractivity contribution in [1.82, 2.24) is 4.98 Å². The third-order valence-corrected chi connectivity index (χ3v) is 5.75. The van der Waals surface area contributed by atoms with Crippen LogP contribution in [0, 0.1) is 0 Å². The molecule has 3 aromatic carbocycles. The Morgan fingerprint density at radius 2 is 1.30 bits per heavy atom. The van der Waals surface area contributed by atoms with Crippen LogP contribution in [-0.4, -0.2) is 4.98 Å². The fraction of sp³-hybridized carbons (Fsp3) is 0.115. The first kappa shape index (κ1) is 16.0. The predicted octanol–water partition coefficient (Wildman–Crippen LogP) is 6.72. The molecule has 0 radical (unpaired) electrons. The van der Waals surface area contributed by atoms with Crippen LogP contribution in [0.1, 0.15) is 25.0 Å². The van der Waals surface area contributed by atoms with E-state index in [2.05, 4.69) is 92.7 Å². The van der Waals surface area contributed by atoms with E-state index in [1.165, 1.54) is 33.4 Å². The predicted molar refractivity (Wildman–Crippen MR) is 113 cm³/mol. The summed E-state index contributed by atoms with van der Waals surface area (Å²) in [5.41, 5.74) is 10.1. The van der Waals surface area contributed by atoms with Crippen LogP contribution < -0.4 is 0 Å². The van der Waals surface area contributed by atoms with Crippen LogP contribution in [0.4, 0.5) is 0 Å². The zero-order chi connectivity index (χ0) is 18.4. The number of pyridine rings is 1. The Labute approximate surface area is 160 Å². The Kier molecular flexibility index (Phi) is 3.51. The van der Waals surface area contributed by atoms with Gasteiger partial charge in [0, 0.05) is 22.7 Å². The summed E-state index contributed by atoms with van der Waals surface area (Å²) in [6.45, 7) is 4.63. The van der Waals surface area contributed by atoms with E-state index in [4.69, 9.17) is 4.98 Å². The molecule has 1 aliphatic carbocycles. The van der Waals surface area contributed by atoms with Gasteiger partial charge in [-0.1, -0.05) is 86.6 Å². The third-order valence-electron chi connectivity index (χ3n) is 5.75. The van der Waals surface area contributed by atoms with Gasteiger partial charge in [-0.3, -0.25) is 4.98 Å². The molecule has 1 aromatic heterocycles. The van der Waals surface area contributed by atoms with Crippen molar-refractivity contribution < 1.29 is 0 Å². The highest BCUT2D eigenvalue weighted by atomic mass is 14.7. The summed E-state index contributed by atoms with van der Waals surface area (Å²) in [4.78, 5) is 4.75. The maximum atomic E-state index is 4.75. The second-order valence-corrected chi connectivity index (χ2v) is 7.73. The van der Waals surface area contributed by atoms with Crippen molar-refractivity contribution in [2.45, 2.75) is 19.3 Å². The van der Waals surface area contributed by atoms with E-state index >= 15 is 0 Å². The first-order chi connectivity index (χ1) is 13.1. The van der Waals surface area contributed by atoms with Gasteiger partial charge in [-0.15, -0.1) is 0 Å². The van der Waals surface area contributed by atoms with Crippen LogP contribution in [0.25, 0.3) is 33.5 Å². The summed E-state index contributed by atoms with van der Waals surface area (Å²) in [5.74, 6) is 0. The van der Waals surface area contributed by atoms with Crippen molar-refractivity contribution in [1.29, 1.82) is 0 Å². The number of aromatic nitrogens is 1. The zero-order valence-corrected chi connectivity index (χ0v) is 15.6. The van der Waals surface area contributed by atoms with E-state index in [-0.39, 0.29) is 5.41 Å². The number of nitrogens with zero attached hydrogens (tertiary/aromatic N) is 1. The molecule has 4 aromatic rings. The molecule has 0 saturated heterocycles. The minimum Gasteiger partial charge on any atom is -0.256 e.